The summed E-state index contributed by atoms with van der Waals surface area (Å²) in [4.78, 5) is 2.57. The number of benzene rings is 1. The van der Waals surface area contributed by atoms with Crippen molar-refractivity contribution in [2.45, 2.75) is 38.8 Å². The van der Waals surface area contributed by atoms with Gasteiger partial charge in [0.05, 0.1) is 6.61 Å². The maximum Gasteiger partial charge on any atom is 0.0589 e. The lowest BCUT2D eigenvalue weighted by atomic mass is 9.90. The molecule has 1 aromatic rings. The minimum atomic E-state index is 0.589. The molecule has 1 N–H and O–H groups in total. The smallest absolute Gasteiger partial charge is 0.0589 e. The monoisotopic (exact) mass is 276 g/mol. The minimum absolute atomic E-state index is 0.589. The SMILES string of the molecule is CCC(C)N(CCOC)CC1CNCc2ccccc21. The van der Waals surface area contributed by atoms with E-state index in [9.17, 15) is 0 Å². The second-order valence-electron chi connectivity index (χ2n) is 5.77. The van der Waals surface area contributed by atoms with Crippen LogP contribution in [0.3, 0.4) is 0 Å². The first-order valence-corrected chi connectivity index (χ1v) is 7.77. The second kappa shape index (κ2) is 7.77. The number of hydrogen-bond acceptors (Lipinski definition) is 3. The second-order valence-corrected chi connectivity index (χ2v) is 5.77. The predicted molar refractivity (Wildman–Crippen MR) is 84.1 cm³/mol. The zero-order valence-corrected chi connectivity index (χ0v) is 13.1. The van der Waals surface area contributed by atoms with Gasteiger partial charge in [0.15, 0.2) is 0 Å². The largest absolute Gasteiger partial charge is 0.383 e. The summed E-state index contributed by atoms with van der Waals surface area (Å²) >= 11 is 0. The highest BCUT2D eigenvalue weighted by molar-refractivity contribution is 5.32. The number of nitrogens with one attached hydrogen (secondary N) is 1. The van der Waals surface area contributed by atoms with Crippen LogP contribution in [0.25, 0.3) is 0 Å². The highest BCUT2D eigenvalue weighted by Crippen LogP contribution is 2.25. The van der Waals surface area contributed by atoms with Gasteiger partial charge in [-0.3, -0.25) is 4.90 Å². The highest BCUT2D eigenvalue weighted by Gasteiger charge is 2.23. The number of hydrogen-bond donors (Lipinski definition) is 1. The van der Waals surface area contributed by atoms with Crippen LogP contribution in [-0.4, -0.2) is 44.3 Å². The summed E-state index contributed by atoms with van der Waals surface area (Å²) in [6.45, 7) is 9.61. The van der Waals surface area contributed by atoms with Crippen molar-refractivity contribution in [3.63, 3.8) is 0 Å². The molecule has 0 fully saturated rings. The number of nitrogens with zero attached hydrogens (tertiary/aromatic N) is 1. The molecule has 1 aromatic carbocycles. The lowest BCUT2D eigenvalue weighted by Gasteiger charge is -2.35. The first-order chi connectivity index (χ1) is 9.76. The van der Waals surface area contributed by atoms with Crippen molar-refractivity contribution >= 4 is 0 Å². The van der Waals surface area contributed by atoms with E-state index in [0.717, 1.165) is 32.8 Å². The van der Waals surface area contributed by atoms with Crippen LogP contribution in [0.15, 0.2) is 24.3 Å². The molecule has 112 valence electrons. The fourth-order valence-corrected chi connectivity index (χ4v) is 2.99. The van der Waals surface area contributed by atoms with Crippen molar-refractivity contribution in [2.75, 3.05) is 33.4 Å². The summed E-state index contributed by atoms with van der Waals surface area (Å²) in [5, 5.41) is 3.55. The Morgan fingerprint density at radius 3 is 2.95 bits per heavy atom. The molecule has 3 heteroatoms. The van der Waals surface area contributed by atoms with Crippen LogP contribution in [0.4, 0.5) is 0 Å². The van der Waals surface area contributed by atoms with Crippen molar-refractivity contribution in [3.05, 3.63) is 35.4 Å². The highest BCUT2D eigenvalue weighted by atomic mass is 16.5. The Morgan fingerprint density at radius 2 is 2.20 bits per heavy atom. The molecular formula is C17H28N2O. The average molecular weight is 276 g/mol. The van der Waals surface area contributed by atoms with Crippen LogP contribution < -0.4 is 5.32 Å². The van der Waals surface area contributed by atoms with Gasteiger partial charge in [0, 0.05) is 45.2 Å². The molecular weight excluding hydrogens is 248 g/mol. The Labute approximate surface area is 123 Å². The van der Waals surface area contributed by atoms with Crippen LogP contribution in [-0.2, 0) is 11.3 Å². The molecule has 0 bridgehead atoms. The first kappa shape index (κ1) is 15.5. The van der Waals surface area contributed by atoms with Gasteiger partial charge in [-0.25, -0.2) is 0 Å². The van der Waals surface area contributed by atoms with E-state index in [4.69, 9.17) is 4.74 Å². The first-order valence-electron chi connectivity index (χ1n) is 7.77. The Hall–Kier alpha value is -0.900. The van der Waals surface area contributed by atoms with Gasteiger partial charge in [-0.2, -0.15) is 0 Å². The predicted octanol–water partition coefficient (Wildman–Crippen LogP) is 2.62. The number of rotatable bonds is 7. The number of methoxy groups -OCH3 is 1. The van der Waals surface area contributed by atoms with Gasteiger partial charge in [0.25, 0.3) is 0 Å². The van der Waals surface area contributed by atoms with Gasteiger partial charge >= 0.3 is 0 Å². The van der Waals surface area contributed by atoms with Crippen molar-refractivity contribution in [2.24, 2.45) is 0 Å². The van der Waals surface area contributed by atoms with Gasteiger partial charge in [0.2, 0.25) is 0 Å². The molecule has 0 spiro atoms. The van der Waals surface area contributed by atoms with E-state index >= 15 is 0 Å². The number of fused-ring (bicyclic) bond motifs is 1. The summed E-state index contributed by atoms with van der Waals surface area (Å²) in [7, 11) is 1.78. The summed E-state index contributed by atoms with van der Waals surface area (Å²) in [6, 6.07) is 9.46. The Kier molecular flexibility index (Phi) is 6.02. The fraction of sp³-hybridized carbons (Fsp3) is 0.647. The lowest BCUT2D eigenvalue weighted by molar-refractivity contribution is 0.116. The zero-order chi connectivity index (χ0) is 14.4. The average Bonchev–Trinajstić information content (AvgIpc) is 2.50. The fourth-order valence-electron chi connectivity index (χ4n) is 2.99. The summed E-state index contributed by atoms with van der Waals surface area (Å²) in [5.41, 5.74) is 2.98. The third-order valence-electron chi connectivity index (χ3n) is 4.45. The molecule has 20 heavy (non-hydrogen) atoms. The Bertz CT molecular complexity index is 408. The van der Waals surface area contributed by atoms with E-state index in [1.165, 1.54) is 17.5 Å². The van der Waals surface area contributed by atoms with E-state index in [1.54, 1.807) is 7.11 Å². The zero-order valence-electron chi connectivity index (χ0n) is 13.1. The molecule has 1 aliphatic heterocycles. The van der Waals surface area contributed by atoms with Crippen LogP contribution in [0.2, 0.25) is 0 Å². The molecule has 0 saturated heterocycles. The molecule has 0 amide bonds. The van der Waals surface area contributed by atoms with E-state index in [0.29, 0.717) is 12.0 Å². The van der Waals surface area contributed by atoms with E-state index in [1.807, 2.05) is 0 Å². The van der Waals surface area contributed by atoms with Crippen LogP contribution >= 0.6 is 0 Å². The van der Waals surface area contributed by atoms with Gasteiger partial charge < -0.3 is 10.1 Å². The molecule has 0 aromatic heterocycles. The third kappa shape index (κ3) is 3.81. The molecule has 0 saturated carbocycles. The van der Waals surface area contributed by atoms with Gasteiger partial charge in [-0.15, -0.1) is 0 Å². The van der Waals surface area contributed by atoms with Crippen molar-refractivity contribution in [1.29, 1.82) is 0 Å². The summed E-state index contributed by atoms with van der Waals surface area (Å²) in [6.07, 6.45) is 1.19. The molecule has 2 atom stereocenters. The lowest BCUT2D eigenvalue weighted by Crippen LogP contribution is -2.42. The Morgan fingerprint density at radius 1 is 1.40 bits per heavy atom. The maximum atomic E-state index is 5.27. The molecule has 2 rings (SSSR count). The van der Waals surface area contributed by atoms with E-state index in [2.05, 4.69) is 48.3 Å². The molecule has 0 radical (unpaired) electrons. The maximum absolute atomic E-state index is 5.27. The summed E-state index contributed by atoms with van der Waals surface area (Å²) < 4.78 is 5.27. The molecule has 0 aliphatic carbocycles. The molecule has 1 heterocycles. The van der Waals surface area contributed by atoms with Gasteiger partial charge in [0.1, 0.15) is 0 Å². The molecule has 2 unspecified atom stereocenters. The Balaban J connectivity index is 2.07. The van der Waals surface area contributed by atoms with Crippen LogP contribution in [0.1, 0.15) is 37.3 Å². The number of ether oxygens (including phenoxy) is 1. The van der Waals surface area contributed by atoms with Crippen molar-refractivity contribution in [3.8, 4) is 0 Å². The normalized spacial score (nSPS) is 19.9. The summed E-state index contributed by atoms with van der Waals surface area (Å²) in [5.74, 6) is 0.589. The third-order valence-corrected chi connectivity index (χ3v) is 4.45. The topological polar surface area (TPSA) is 24.5 Å². The molecule has 1 aliphatic rings. The standard InChI is InChI=1S/C17H28N2O/c1-4-14(2)19(9-10-20-3)13-16-12-18-11-15-7-5-6-8-17(15)16/h5-8,14,16,18H,4,9-13H2,1-3H3. The van der Waals surface area contributed by atoms with Crippen LogP contribution in [0.5, 0.6) is 0 Å². The van der Waals surface area contributed by atoms with Gasteiger partial charge in [-0.1, -0.05) is 31.2 Å². The minimum Gasteiger partial charge on any atom is -0.383 e. The van der Waals surface area contributed by atoms with Crippen molar-refractivity contribution in [1.82, 2.24) is 10.2 Å². The van der Waals surface area contributed by atoms with Crippen LogP contribution in [0, 0.1) is 0 Å². The van der Waals surface area contributed by atoms with Gasteiger partial charge in [-0.05, 0) is 24.5 Å². The van der Waals surface area contributed by atoms with E-state index in [-0.39, 0.29) is 0 Å². The quantitative estimate of drug-likeness (QED) is 0.828. The molecule has 3 nitrogen and oxygen atoms in total. The van der Waals surface area contributed by atoms with E-state index < -0.39 is 0 Å². The van der Waals surface area contributed by atoms with Crippen molar-refractivity contribution < 1.29 is 4.74 Å².